The first-order valence-corrected chi connectivity index (χ1v) is 7.49. The maximum atomic E-state index is 12.0. The van der Waals surface area contributed by atoms with E-state index in [4.69, 9.17) is 5.14 Å². The van der Waals surface area contributed by atoms with Crippen LogP contribution in [0.4, 0.5) is 0 Å². The topological polar surface area (TPSA) is 105 Å². The molecule has 1 aromatic heterocycles. The van der Waals surface area contributed by atoms with Gasteiger partial charge in [0, 0.05) is 17.5 Å². The van der Waals surface area contributed by atoms with E-state index in [1.807, 2.05) is 19.1 Å². The summed E-state index contributed by atoms with van der Waals surface area (Å²) in [5.74, 6) is -0.284. The summed E-state index contributed by atoms with van der Waals surface area (Å²) < 4.78 is 22.2. The van der Waals surface area contributed by atoms with Crippen molar-refractivity contribution in [2.75, 3.05) is 0 Å². The van der Waals surface area contributed by atoms with E-state index in [9.17, 15) is 13.2 Å². The minimum Gasteiger partial charge on any atom is -0.363 e. The van der Waals surface area contributed by atoms with Gasteiger partial charge in [0.25, 0.3) is 5.91 Å². The summed E-state index contributed by atoms with van der Waals surface area (Å²) in [4.78, 5) is 15.0. The molecule has 1 amide bonds. The van der Waals surface area contributed by atoms with E-state index < -0.39 is 10.0 Å². The lowest BCUT2D eigenvalue weighted by molar-refractivity contribution is 0.0939. The van der Waals surface area contributed by atoms with E-state index >= 15 is 0 Å². The lowest BCUT2D eigenvalue weighted by atomic mass is 10.2. The highest BCUT2D eigenvalue weighted by molar-refractivity contribution is 7.89. The van der Waals surface area contributed by atoms with Gasteiger partial charge in [0.2, 0.25) is 10.0 Å². The molecule has 7 heteroatoms. The number of H-pyrrole nitrogens is 1. The Bertz CT molecular complexity index is 691. The van der Waals surface area contributed by atoms with Crippen molar-refractivity contribution in [3.8, 4) is 0 Å². The van der Waals surface area contributed by atoms with Crippen molar-refractivity contribution in [1.29, 1.82) is 0 Å². The van der Waals surface area contributed by atoms with Crippen LogP contribution in [0.5, 0.6) is 0 Å². The quantitative estimate of drug-likeness (QED) is 0.787. The smallest absolute Gasteiger partial charge is 0.251 e. The summed E-state index contributed by atoms with van der Waals surface area (Å²) in [6.45, 7) is 1.85. The Labute approximate surface area is 117 Å². The molecular formula is C13H15N3O3S. The van der Waals surface area contributed by atoms with Gasteiger partial charge in [0.1, 0.15) is 0 Å². The molecule has 0 aliphatic rings. The van der Waals surface area contributed by atoms with Crippen LogP contribution in [0.2, 0.25) is 0 Å². The SMILES string of the molecule is CC(NC(=O)c1ccc(S(N)(=O)=O)cc1)c1ccc[nH]1. The average Bonchev–Trinajstić information content (AvgIpc) is 2.91. The van der Waals surface area contributed by atoms with Crippen LogP contribution in [0, 0.1) is 0 Å². The maximum Gasteiger partial charge on any atom is 0.251 e. The van der Waals surface area contributed by atoms with E-state index in [2.05, 4.69) is 10.3 Å². The Hall–Kier alpha value is -2.12. The summed E-state index contributed by atoms with van der Waals surface area (Å²) in [5.41, 5.74) is 1.26. The molecule has 0 aliphatic heterocycles. The number of carbonyl (C=O) groups excluding carboxylic acids is 1. The van der Waals surface area contributed by atoms with Crippen molar-refractivity contribution in [3.05, 3.63) is 53.9 Å². The van der Waals surface area contributed by atoms with Gasteiger partial charge in [-0.25, -0.2) is 13.6 Å². The number of nitrogens with two attached hydrogens (primary N) is 1. The van der Waals surface area contributed by atoms with Crippen molar-refractivity contribution in [3.63, 3.8) is 0 Å². The Morgan fingerprint density at radius 2 is 1.90 bits per heavy atom. The van der Waals surface area contributed by atoms with Gasteiger partial charge in [-0.15, -0.1) is 0 Å². The molecule has 4 N–H and O–H groups in total. The van der Waals surface area contributed by atoms with Gasteiger partial charge >= 0.3 is 0 Å². The zero-order valence-electron chi connectivity index (χ0n) is 10.8. The first-order valence-electron chi connectivity index (χ1n) is 5.95. The predicted octanol–water partition coefficient (Wildman–Crippen LogP) is 1.15. The average molecular weight is 293 g/mol. The molecule has 106 valence electrons. The van der Waals surface area contributed by atoms with Crippen molar-refractivity contribution in [1.82, 2.24) is 10.3 Å². The number of sulfonamides is 1. The summed E-state index contributed by atoms with van der Waals surface area (Å²) in [5, 5.41) is 7.80. The lowest BCUT2D eigenvalue weighted by Gasteiger charge is -2.12. The number of hydrogen-bond donors (Lipinski definition) is 3. The molecule has 6 nitrogen and oxygen atoms in total. The summed E-state index contributed by atoms with van der Waals surface area (Å²) >= 11 is 0. The highest BCUT2D eigenvalue weighted by atomic mass is 32.2. The molecule has 0 fully saturated rings. The van der Waals surface area contributed by atoms with Crippen LogP contribution in [0.25, 0.3) is 0 Å². The van der Waals surface area contributed by atoms with Crippen LogP contribution in [-0.4, -0.2) is 19.3 Å². The summed E-state index contributed by atoms with van der Waals surface area (Å²) in [6.07, 6.45) is 1.78. The number of aromatic nitrogens is 1. The molecule has 1 heterocycles. The Morgan fingerprint density at radius 3 is 2.40 bits per heavy atom. The van der Waals surface area contributed by atoms with E-state index in [-0.39, 0.29) is 16.8 Å². The molecule has 20 heavy (non-hydrogen) atoms. The molecule has 0 saturated carbocycles. The van der Waals surface area contributed by atoms with Gasteiger partial charge in [-0.2, -0.15) is 0 Å². The van der Waals surface area contributed by atoms with Gasteiger partial charge in [0.15, 0.2) is 0 Å². The molecule has 0 radical (unpaired) electrons. The number of carbonyl (C=O) groups is 1. The van der Waals surface area contributed by atoms with Crippen molar-refractivity contribution < 1.29 is 13.2 Å². The molecular weight excluding hydrogens is 278 g/mol. The Balaban J connectivity index is 2.10. The molecule has 0 bridgehead atoms. The molecule has 0 saturated heterocycles. The van der Waals surface area contributed by atoms with Gasteiger partial charge in [-0.3, -0.25) is 4.79 Å². The number of primary sulfonamides is 1. The zero-order chi connectivity index (χ0) is 14.8. The minimum atomic E-state index is -3.74. The number of rotatable bonds is 4. The minimum absolute atomic E-state index is 0.0218. The van der Waals surface area contributed by atoms with Crippen LogP contribution in [0.15, 0.2) is 47.5 Å². The molecule has 1 aromatic carbocycles. The maximum absolute atomic E-state index is 12.0. The molecule has 0 aliphatic carbocycles. The fourth-order valence-corrected chi connectivity index (χ4v) is 2.28. The summed E-state index contributed by atoms with van der Waals surface area (Å²) in [6, 6.07) is 9.02. The fourth-order valence-electron chi connectivity index (χ4n) is 1.77. The second-order valence-electron chi connectivity index (χ2n) is 4.39. The number of hydrogen-bond acceptors (Lipinski definition) is 3. The third-order valence-corrected chi connectivity index (χ3v) is 3.81. The highest BCUT2D eigenvalue weighted by Gasteiger charge is 2.13. The van der Waals surface area contributed by atoms with Crippen LogP contribution < -0.4 is 10.5 Å². The Morgan fingerprint density at radius 1 is 1.25 bits per heavy atom. The number of aromatic amines is 1. The predicted molar refractivity (Wildman–Crippen MR) is 74.5 cm³/mol. The first kappa shape index (κ1) is 14.3. The first-order chi connectivity index (χ1) is 9.38. The molecule has 2 rings (SSSR count). The highest BCUT2D eigenvalue weighted by Crippen LogP contribution is 2.12. The number of benzene rings is 1. The van der Waals surface area contributed by atoms with Gasteiger partial charge in [0.05, 0.1) is 10.9 Å². The molecule has 1 unspecified atom stereocenters. The molecule has 1 atom stereocenters. The number of amides is 1. The van der Waals surface area contributed by atoms with Crippen LogP contribution >= 0.6 is 0 Å². The van der Waals surface area contributed by atoms with Crippen LogP contribution in [0.3, 0.4) is 0 Å². The number of nitrogens with one attached hydrogen (secondary N) is 2. The van der Waals surface area contributed by atoms with Gasteiger partial charge in [-0.05, 0) is 43.3 Å². The monoisotopic (exact) mass is 293 g/mol. The third-order valence-electron chi connectivity index (χ3n) is 2.88. The standard InChI is InChI=1S/C13H15N3O3S/c1-9(12-3-2-8-15-12)16-13(17)10-4-6-11(7-5-10)20(14,18)19/h2-9,15H,1H3,(H,16,17)(H2,14,18,19). The normalized spacial score (nSPS) is 12.9. The van der Waals surface area contributed by atoms with Crippen molar-refractivity contribution >= 4 is 15.9 Å². The zero-order valence-corrected chi connectivity index (χ0v) is 11.6. The van der Waals surface area contributed by atoms with E-state index in [0.29, 0.717) is 5.56 Å². The van der Waals surface area contributed by atoms with Crippen LogP contribution in [0.1, 0.15) is 29.0 Å². The van der Waals surface area contributed by atoms with Crippen LogP contribution in [-0.2, 0) is 10.0 Å². The second kappa shape index (κ2) is 5.48. The van der Waals surface area contributed by atoms with E-state index in [1.165, 1.54) is 24.3 Å². The Kier molecular flexibility index (Phi) is 3.91. The fraction of sp³-hybridized carbons (Fsp3) is 0.154. The third kappa shape index (κ3) is 3.25. The van der Waals surface area contributed by atoms with Crippen molar-refractivity contribution in [2.24, 2.45) is 5.14 Å². The van der Waals surface area contributed by atoms with Crippen molar-refractivity contribution in [2.45, 2.75) is 17.9 Å². The molecule has 2 aromatic rings. The van der Waals surface area contributed by atoms with E-state index in [1.54, 1.807) is 6.20 Å². The second-order valence-corrected chi connectivity index (χ2v) is 5.95. The lowest BCUT2D eigenvalue weighted by Crippen LogP contribution is -2.26. The van der Waals surface area contributed by atoms with E-state index in [0.717, 1.165) is 5.69 Å². The van der Waals surface area contributed by atoms with Gasteiger partial charge in [-0.1, -0.05) is 0 Å². The largest absolute Gasteiger partial charge is 0.363 e. The summed E-state index contributed by atoms with van der Waals surface area (Å²) in [7, 11) is -3.74. The van der Waals surface area contributed by atoms with Gasteiger partial charge < -0.3 is 10.3 Å². The molecule has 0 spiro atoms.